The first-order valence-electron chi connectivity index (χ1n) is 8.57. The van der Waals surface area contributed by atoms with Crippen LogP contribution in [0.1, 0.15) is 24.5 Å². The second-order valence-corrected chi connectivity index (χ2v) is 7.52. The zero-order valence-electron chi connectivity index (χ0n) is 14.8. The summed E-state index contributed by atoms with van der Waals surface area (Å²) in [6.45, 7) is 2.55. The molecule has 0 fully saturated rings. The number of benzene rings is 2. The number of nitrogens with zero attached hydrogens (tertiary/aromatic N) is 1. The van der Waals surface area contributed by atoms with Gasteiger partial charge in [-0.05, 0) is 36.6 Å². The van der Waals surface area contributed by atoms with Crippen molar-refractivity contribution in [3.05, 3.63) is 65.7 Å². The summed E-state index contributed by atoms with van der Waals surface area (Å²) >= 11 is 1.58. The maximum absolute atomic E-state index is 12.0. The molecule has 0 saturated heterocycles. The van der Waals surface area contributed by atoms with E-state index in [4.69, 9.17) is 10.5 Å². The first-order valence-corrected chi connectivity index (χ1v) is 9.56. The maximum atomic E-state index is 12.0. The first kappa shape index (κ1) is 18.3. The maximum Gasteiger partial charge on any atom is 0.258 e. The third-order valence-electron chi connectivity index (χ3n) is 4.35. The van der Waals surface area contributed by atoms with Crippen molar-refractivity contribution >= 4 is 22.8 Å². The molecule has 2 aromatic rings. The van der Waals surface area contributed by atoms with Crippen LogP contribution in [0.5, 0.6) is 5.75 Å². The molecule has 1 aliphatic heterocycles. The van der Waals surface area contributed by atoms with E-state index in [2.05, 4.69) is 17.2 Å². The topological polar surface area (TPSA) is 76.7 Å². The number of carbonyl (C=O) groups excluding carboxylic acids is 1. The second-order valence-electron chi connectivity index (χ2n) is 6.40. The van der Waals surface area contributed by atoms with Gasteiger partial charge in [0.1, 0.15) is 5.75 Å². The number of amidine groups is 1. The van der Waals surface area contributed by atoms with Crippen LogP contribution in [0.25, 0.3) is 0 Å². The molecule has 136 valence electrons. The minimum absolute atomic E-state index is 0.0196. The number of aliphatic imine (C=N–C) groups is 1. The summed E-state index contributed by atoms with van der Waals surface area (Å²) in [7, 11) is 0. The predicted octanol–water partition coefficient (Wildman–Crippen LogP) is 3.05. The third kappa shape index (κ3) is 4.79. The van der Waals surface area contributed by atoms with Gasteiger partial charge in [0.2, 0.25) is 0 Å². The highest BCUT2D eigenvalue weighted by Gasteiger charge is 2.29. The van der Waals surface area contributed by atoms with Crippen molar-refractivity contribution in [2.45, 2.75) is 25.4 Å². The van der Waals surface area contributed by atoms with Crippen LogP contribution in [0.4, 0.5) is 0 Å². The van der Waals surface area contributed by atoms with Gasteiger partial charge in [0.15, 0.2) is 11.8 Å². The molecule has 1 unspecified atom stereocenters. The normalized spacial score (nSPS) is 19.5. The second kappa shape index (κ2) is 8.27. The van der Waals surface area contributed by atoms with E-state index < -0.39 is 0 Å². The van der Waals surface area contributed by atoms with Crippen LogP contribution in [-0.2, 0) is 16.9 Å². The Morgan fingerprint density at radius 3 is 2.85 bits per heavy atom. The average molecular weight is 369 g/mol. The number of thioether (sulfide) groups is 1. The van der Waals surface area contributed by atoms with E-state index >= 15 is 0 Å². The van der Waals surface area contributed by atoms with E-state index in [-0.39, 0.29) is 18.1 Å². The molecule has 0 aliphatic carbocycles. The summed E-state index contributed by atoms with van der Waals surface area (Å²) in [6.07, 6.45) is 0.916. The zero-order valence-corrected chi connectivity index (χ0v) is 15.6. The SMILES string of the molecule is CC1(c2cccc(OCC(=O)NCc3ccccc3)c2)CCSC(N)=N1. The lowest BCUT2D eigenvalue weighted by Gasteiger charge is -2.30. The molecule has 0 aromatic heterocycles. The van der Waals surface area contributed by atoms with Gasteiger partial charge in [-0.3, -0.25) is 9.79 Å². The molecule has 0 radical (unpaired) electrons. The standard InChI is InChI=1S/C20H23N3O2S/c1-20(10-11-26-19(21)23-20)16-8-5-9-17(12-16)25-14-18(24)22-13-15-6-3-2-4-7-15/h2-9,12H,10-11,13-14H2,1H3,(H2,21,23)(H,22,24). The van der Waals surface area contributed by atoms with Gasteiger partial charge in [0.25, 0.3) is 5.91 Å². The Morgan fingerprint density at radius 1 is 1.27 bits per heavy atom. The Kier molecular flexibility index (Phi) is 5.83. The molecule has 1 atom stereocenters. The minimum atomic E-state index is -0.343. The molecular formula is C20H23N3O2S. The van der Waals surface area contributed by atoms with Crippen molar-refractivity contribution in [2.24, 2.45) is 10.7 Å². The highest BCUT2D eigenvalue weighted by atomic mass is 32.2. The van der Waals surface area contributed by atoms with E-state index in [0.717, 1.165) is 23.3 Å². The van der Waals surface area contributed by atoms with Crippen LogP contribution in [-0.4, -0.2) is 23.4 Å². The van der Waals surface area contributed by atoms with Gasteiger partial charge in [-0.25, -0.2) is 0 Å². The van der Waals surface area contributed by atoms with E-state index in [1.807, 2.05) is 54.6 Å². The summed E-state index contributed by atoms with van der Waals surface area (Å²) in [6, 6.07) is 17.5. The lowest BCUT2D eigenvalue weighted by molar-refractivity contribution is -0.123. The molecule has 3 N–H and O–H groups in total. The van der Waals surface area contributed by atoms with E-state index in [1.165, 1.54) is 0 Å². The van der Waals surface area contributed by atoms with E-state index in [0.29, 0.717) is 17.5 Å². The number of ether oxygens (including phenoxy) is 1. The Balaban J connectivity index is 1.57. The molecule has 1 aliphatic rings. The Morgan fingerprint density at radius 2 is 2.08 bits per heavy atom. The van der Waals surface area contributed by atoms with Crippen molar-refractivity contribution in [1.29, 1.82) is 0 Å². The fourth-order valence-corrected chi connectivity index (χ4v) is 3.79. The summed E-state index contributed by atoms with van der Waals surface area (Å²) in [5, 5.41) is 3.47. The van der Waals surface area contributed by atoms with Crippen LogP contribution < -0.4 is 15.8 Å². The van der Waals surface area contributed by atoms with Gasteiger partial charge < -0.3 is 15.8 Å². The summed E-state index contributed by atoms with van der Waals surface area (Å²) in [5.74, 6) is 1.45. The quantitative estimate of drug-likeness (QED) is 0.820. The van der Waals surface area contributed by atoms with E-state index in [1.54, 1.807) is 11.8 Å². The summed E-state index contributed by atoms with van der Waals surface area (Å²) < 4.78 is 5.66. The fraction of sp³-hybridized carbons (Fsp3) is 0.300. The fourth-order valence-electron chi connectivity index (χ4n) is 2.81. The molecule has 3 rings (SSSR count). The Labute approximate surface area is 158 Å². The molecular weight excluding hydrogens is 346 g/mol. The van der Waals surface area contributed by atoms with Crippen LogP contribution in [0.3, 0.4) is 0 Å². The predicted molar refractivity (Wildman–Crippen MR) is 106 cm³/mol. The van der Waals surface area contributed by atoms with Gasteiger partial charge in [-0.1, -0.05) is 54.2 Å². The van der Waals surface area contributed by atoms with Crippen molar-refractivity contribution < 1.29 is 9.53 Å². The highest BCUT2D eigenvalue weighted by molar-refractivity contribution is 8.13. The van der Waals surface area contributed by atoms with Crippen molar-refractivity contribution in [1.82, 2.24) is 5.32 Å². The molecule has 26 heavy (non-hydrogen) atoms. The molecule has 1 heterocycles. The van der Waals surface area contributed by atoms with Crippen LogP contribution in [0, 0.1) is 0 Å². The van der Waals surface area contributed by atoms with Gasteiger partial charge in [0, 0.05) is 12.3 Å². The molecule has 0 spiro atoms. The summed E-state index contributed by atoms with van der Waals surface area (Å²) in [5.41, 5.74) is 7.65. The van der Waals surface area contributed by atoms with Crippen molar-refractivity contribution in [3.8, 4) is 5.75 Å². The lowest BCUT2D eigenvalue weighted by atomic mass is 9.90. The van der Waals surface area contributed by atoms with Gasteiger partial charge in [0.05, 0.1) is 5.54 Å². The molecule has 5 nitrogen and oxygen atoms in total. The van der Waals surface area contributed by atoms with Gasteiger partial charge >= 0.3 is 0 Å². The van der Waals surface area contributed by atoms with Crippen molar-refractivity contribution in [2.75, 3.05) is 12.4 Å². The van der Waals surface area contributed by atoms with Gasteiger partial charge in [-0.15, -0.1) is 0 Å². The third-order valence-corrected chi connectivity index (χ3v) is 5.15. The monoisotopic (exact) mass is 369 g/mol. The summed E-state index contributed by atoms with van der Waals surface area (Å²) in [4.78, 5) is 16.6. The van der Waals surface area contributed by atoms with Crippen LogP contribution in [0.15, 0.2) is 59.6 Å². The van der Waals surface area contributed by atoms with Gasteiger partial charge in [-0.2, -0.15) is 0 Å². The molecule has 2 aromatic carbocycles. The van der Waals surface area contributed by atoms with E-state index in [9.17, 15) is 4.79 Å². The zero-order chi connectivity index (χ0) is 18.4. The Bertz CT molecular complexity index is 795. The number of amides is 1. The smallest absolute Gasteiger partial charge is 0.258 e. The first-order chi connectivity index (χ1) is 12.5. The Hall–Kier alpha value is -2.47. The number of nitrogens with two attached hydrogens (primary N) is 1. The lowest BCUT2D eigenvalue weighted by Crippen LogP contribution is -2.29. The average Bonchev–Trinajstić information content (AvgIpc) is 2.66. The minimum Gasteiger partial charge on any atom is -0.484 e. The molecule has 0 saturated carbocycles. The van der Waals surface area contributed by atoms with Crippen molar-refractivity contribution in [3.63, 3.8) is 0 Å². The molecule has 0 bridgehead atoms. The number of hydrogen-bond donors (Lipinski definition) is 2. The molecule has 1 amide bonds. The number of rotatable bonds is 6. The number of hydrogen-bond acceptors (Lipinski definition) is 5. The molecule has 6 heteroatoms. The highest BCUT2D eigenvalue weighted by Crippen LogP contribution is 2.36. The van der Waals surface area contributed by atoms with Crippen LogP contribution in [0.2, 0.25) is 0 Å². The number of nitrogens with one attached hydrogen (secondary N) is 1. The number of carbonyl (C=O) groups is 1. The van der Waals surface area contributed by atoms with Crippen LogP contribution >= 0.6 is 11.8 Å². The largest absolute Gasteiger partial charge is 0.484 e.